The van der Waals surface area contributed by atoms with Gasteiger partial charge >= 0.3 is 0 Å². The summed E-state index contributed by atoms with van der Waals surface area (Å²) >= 11 is 0. The number of carbonyl (C=O) groups is 1. The number of nitrogen functional groups attached to an aromatic ring is 1. The first kappa shape index (κ1) is 25.5. The number of amides is 1. The maximum atomic E-state index is 11.7. The van der Waals surface area contributed by atoms with E-state index in [1.807, 2.05) is 30.3 Å². The van der Waals surface area contributed by atoms with Gasteiger partial charge in [0.2, 0.25) is 5.91 Å². The van der Waals surface area contributed by atoms with E-state index in [-0.39, 0.29) is 19.0 Å². The van der Waals surface area contributed by atoms with Crippen LogP contribution in [0.3, 0.4) is 0 Å². The van der Waals surface area contributed by atoms with Gasteiger partial charge in [-0.25, -0.2) is 9.67 Å². The number of nitrogens with zero attached hydrogens (tertiary/aromatic N) is 6. The van der Waals surface area contributed by atoms with Gasteiger partial charge in [0, 0.05) is 0 Å². The van der Waals surface area contributed by atoms with Gasteiger partial charge in [-0.15, -0.1) is 0 Å². The van der Waals surface area contributed by atoms with Crippen LogP contribution in [0.2, 0.25) is 0 Å². The lowest BCUT2D eigenvalue weighted by atomic mass is 10.1. The van der Waals surface area contributed by atoms with Crippen LogP contribution in [0.4, 0.5) is 11.5 Å². The van der Waals surface area contributed by atoms with Crippen LogP contribution in [-0.4, -0.2) is 93.1 Å². The highest BCUT2D eigenvalue weighted by Gasteiger charge is 2.43. The molecule has 0 radical (unpaired) electrons. The first-order valence-corrected chi connectivity index (χ1v) is 12.1. The number of rotatable bonds is 9. The van der Waals surface area contributed by atoms with Gasteiger partial charge in [-0.05, 0) is 18.4 Å². The second-order valence-electron chi connectivity index (χ2n) is 9.24. The van der Waals surface area contributed by atoms with Crippen molar-refractivity contribution >= 4 is 28.6 Å². The Morgan fingerprint density at radius 3 is 2.63 bits per heavy atom. The lowest BCUT2D eigenvalue weighted by Crippen LogP contribution is -2.44. The molecule has 1 amide bonds. The Hall–Kier alpha value is -4.11. The van der Waals surface area contributed by atoms with E-state index < -0.39 is 42.8 Å². The molecular formula is C24H29N9O5. The summed E-state index contributed by atoms with van der Waals surface area (Å²) in [6.45, 7) is -0.906. The molecule has 0 saturated heterocycles. The maximum absolute atomic E-state index is 11.7. The van der Waals surface area contributed by atoms with Crippen LogP contribution in [0.5, 0.6) is 0 Å². The van der Waals surface area contributed by atoms with Gasteiger partial charge in [-0.1, -0.05) is 30.3 Å². The van der Waals surface area contributed by atoms with Crippen molar-refractivity contribution in [3.05, 3.63) is 54.6 Å². The molecular weight excluding hydrogens is 494 g/mol. The number of nitrogens with two attached hydrogens (primary N) is 1. The molecule has 38 heavy (non-hydrogen) atoms. The molecule has 0 bridgehead atoms. The number of anilines is 2. The summed E-state index contributed by atoms with van der Waals surface area (Å²) in [6, 6.07) is 7.83. The van der Waals surface area contributed by atoms with Crippen LogP contribution in [0.25, 0.3) is 17.1 Å². The lowest BCUT2D eigenvalue weighted by molar-refractivity contribution is -0.125. The SMILES string of the molecule is Nc1cnn(-c2nc(N[C@H](CO)Cc3ccccc3)c3ncn([C@@H]4C[C@H](NC(=O)CO)[C@@H](O)[C@H]4O)c3n2)c1. The molecule has 5 rings (SSSR count). The van der Waals surface area contributed by atoms with Crippen molar-refractivity contribution in [1.82, 2.24) is 34.6 Å². The molecule has 1 aliphatic rings. The van der Waals surface area contributed by atoms with Crippen LogP contribution in [0.15, 0.2) is 49.1 Å². The molecule has 4 aromatic rings. The number of aliphatic hydroxyl groups is 4. The Labute approximate surface area is 216 Å². The summed E-state index contributed by atoms with van der Waals surface area (Å²) in [5.41, 5.74) is 8.00. The monoisotopic (exact) mass is 523 g/mol. The largest absolute Gasteiger partial charge is 0.396 e. The van der Waals surface area contributed by atoms with E-state index in [0.29, 0.717) is 29.1 Å². The normalized spacial score (nSPS) is 22.0. The fourth-order valence-corrected chi connectivity index (χ4v) is 4.73. The van der Waals surface area contributed by atoms with Gasteiger partial charge in [0.25, 0.3) is 5.95 Å². The van der Waals surface area contributed by atoms with E-state index in [9.17, 15) is 20.1 Å². The zero-order valence-electron chi connectivity index (χ0n) is 20.3. The van der Waals surface area contributed by atoms with Gasteiger partial charge < -0.3 is 41.4 Å². The van der Waals surface area contributed by atoms with Crippen LogP contribution < -0.4 is 16.4 Å². The zero-order chi connectivity index (χ0) is 26.8. The average Bonchev–Trinajstić information content (AvgIpc) is 3.62. The Morgan fingerprint density at radius 2 is 1.95 bits per heavy atom. The Kier molecular flexibility index (Phi) is 7.20. The topological polar surface area (TPSA) is 209 Å². The Balaban J connectivity index is 1.53. The standard InChI is InChI=1S/C24H29N9O5/c25-14-8-27-33(9-14)24-30-22(28-15(10-34)6-13-4-2-1-3-5-13)19-23(31-24)32(12-26-19)17-7-16(20(37)21(17)38)29-18(36)11-35/h1-5,8-9,12,15-17,20-21,34-35,37-38H,6-7,10-11,25H2,(H,29,36)(H,28,30,31)/t15-,16-,17+,20+,21-/m0/s1. The smallest absolute Gasteiger partial charge is 0.254 e. The highest BCUT2D eigenvalue weighted by molar-refractivity contribution is 5.84. The number of aromatic nitrogens is 6. The van der Waals surface area contributed by atoms with E-state index in [1.54, 1.807) is 10.8 Å². The van der Waals surface area contributed by atoms with Crippen LogP contribution >= 0.6 is 0 Å². The van der Waals surface area contributed by atoms with Gasteiger partial charge in [0.15, 0.2) is 17.0 Å². The third-order valence-electron chi connectivity index (χ3n) is 6.60. The van der Waals surface area contributed by atoms with Gasteiger partial charge in [0.1, 0.15) is 18.8 Å². The van der Waals surface area contributed by atoms with Crippen molar-refractivity contribution < 1.29 is 25.2 Å². The molecule has 1 aliphatic carbocycles. The molecule has 3 aromatic heterocycles. The quantitative estimate of drug-likeness (QED) is 0.138. The zero-order valence-corrected chi connectivity index (χ0v) is 20.3. The number of hydrogen-bond acceptors (Lipinski definition) is 11. The number of imidazole rings is 1. The van der Waals surface area contributed by atoms with E-state index in [1.165, 1.54) is 17.2 Å². The van der Waals surface area contributed by atoms with E-state index in [2.05, 4.69) is 30.7 Å². The predicted molar refractivity (Wildman–Crippen MR) is 136 cm³/mol. The van der Waals surface area contributed by atoms with Crippen molar-refractivity contribution in [2.24, 2.45) is 0 Å². The summed E-state index contributed by atoms with van der Waals surface area (Å²) in [5, 5.41) is 50.5. The Bertz CT molecular complexity index is 1410. The first-order chi connectivity index (χ1) is 18.4. The third-order valence-corrected chi connectivity index (χ3v) is 6.60. The first-order valence-electron chi connectivity index (χ1n) is 12.1. The molecule has 1 aromatic carbocycles. The second-order valence-corrected chi connectivity index (χ2v) is 9.24. The van der Waals surface area contributed by atoms with Crippen LogP contribution in [0, 0.1) is 0 Å². The molecule has 1 fully saturated rings. The molecule has 200 valence electrons. The van der Waals surface area contributed by atoms with Gasteiger partial charge in [-0.3, -0.25) is 4.79 Å². The predicted octanol–water partition coefficient (Wildman–Crippen LogP) is -1.25. The van der Waals surface area contributed by atoms with Gasteiger partial charge in [-0.2, -0.15) is 15.1 Å². The van der Waals surface area contributed by atoms with Gasteiger partial charge in [0.05, 0.1) is 49.1 Å². The number of nitrogens with one attached hydrogen (secondary N) is 2. The molecule has 0 spiro atoms. The number of carbonyl (C=O) groups excluding carboxylic acids is 1. The summed E-state index contributed by atoms with van der Waals surface area (Å²) in [5.74, 6) is -0.141. The highest BCUT2D eigenvalue weighted by Crippen LogP contribution is 2.34. The Morgan fingerprint density at radius 1 is 1.16 bits per heavy atom. The van der Waals surface area contributed by atoms with Crippen molar-refractivity contribution in [3.63, 3.8) is 0 Å². The maximum Gasteiger partial charge on any atom is 0.254 e. The van der Waals surface area contributed by atoms with Crippen LogP contribution in [-0.2, 0) is 11.2 Å². The average molecular weight is 524 g/mol. The minimum atomic E-state index is -1.26. The van der Waals surface area contributed by atoms with Crippen molar-refractivity contribution in [3.8, 4) is 5.95 Å². The van der Waals surface area contributed by atoms with Crippen molar-refractivity contribution in [1.29, 1.82) is 0 Å². The number of fused-ring (bicyclic) bond motifs is 1. The summed E-state index contributed by atoms with van der Waals surface area (Å²) in [7, 11) is 0. The van der Waals surface area contributed by atoms with E-state index in [4.69, 9.17) is 10.8 Å². The number of hydrogen-bond donors (Lipinski definition) is 7. The molecule has 0 aliphatic heterocycles. The third kappa shape index (κ3) is 5.02. The molecule has 5 atom stereocenters. The minimum Gasteiger partial charge on any atom is -0.396 e. The summed E-state index contributed by atoms with van der Waals surface area (Å²) in [6.07, 6.45) is 2.67. The molecule has 3 heterocycles. The molecule has 14 heteroatoms. The molecule has 14 nitrogen and oxygen atoms in total. The summed E-state index contributed by atoms with van der Waals surface area (Å²) < 4.78 is 3.01. The van der Waals surface area contributed by atoms with Crippen LogP contribution in [0.1, 0.15) is 18.0 Å². The van der Waals surface area contributed by atoms with Crippen molar-refractivity contribution in [2.75, 3.05) is 24.3 Å². The summed E-state index contributed by atoms with van der Waals surface area (Å²) in [4.78, 5) is 25.4. The van der Waals surface area contributed by atoms with E-state index >= 15 is 0 Å². The van der Waals surface area contributed by atoms with Crippen molar-refractivity contribution in [2.45, 2.75) is 43.2 Å². The minimum absolute atomic E-state index is 0.170. The molecule has 8 N–H and O–H groups in total. The fraction of sp³-hybridized carbons (Fsp3) is 0.375. The van der Waals surface area contributed by atoms with E-state index in [0.717, 1.165) is 5.56 Å². The molecule has 0 unspecified atom stereocenters. The fourth-order valence-electron chi connectivity index (χ4n) is 4.73. The highest BCUT2D eigenvalue weighted by atomic mass is 16.3. The number of benzene rings is 1. The number of aliphatic hydroxyl groups excluding tert-OH is 4. The molecule has 1 saturated carbocycles. The lowest BCUT2D eigenvalue weighted by Gasteiger charge is -2.20. The second kappa shape index (κ2) is 10.7.